The number of halogens is 2. The Morgan fingerprint density at radius 2 is 1.67 bits per heavy atom. The van der Waals surface area contributed by atoms with Crippen molar-refractivity contribution in [3.8, 4) is 11.5 Å². The van der Waals surface area contributed by atoms with Crippen molar-refractivity contribution in [1.29, 1.82) is 0 Å². The Balaban J connectivity index is 2.52. The number of rotatable bonds is 4. The molecule has 0 saturated carbocycles. The van der Waals surface area contributed by atoms with Crippen molar-refractivity contribution in [2.24, 2.45) is 0 Å². The molecule has 1 N–H and O–H groups in total. The summed E-state index contributed by atoms with van der Waals surface area (Å²) in [5.74, 6) is 1.22. The van der Waals surface area contributed by atoms with E-state index in [-0.39, 0.29) is 0 Å². The van der Waals surface area contributed by atoms with Gasteiger partial charge in [-0.3, -0.25) is 0 Å². The van der Waals surface area contributed by atoms with E-state index >= 15 is 0 Å². The molecule has 2 aromatic carbocycles. The van der Waals surface area contributed by atoms with Gasteiger partial charge in [-0.05, 0) is 52.2 Å². The summed E-state index contributed by atoms with van der Waals surface area (Å²) in [4.78, 5) is 0. The molecule has 2 rings (SSSR count). The molecular formula is C16H16Br2O3. The second-order valence-electron chi connectivity index (χ2n) is 4.63. The summed E-state index contributed by atoms with van der Waals surface area (Å²) >= 11 is 6.95. The number of methoxy groups -OCH3 is 2. The molecule has 0 aliphatic heterocycles. The first kappa shape index (κ1) is 16.3. The van der Waals surface area contributed by atoms with Crippen molar-refractivity contribution in [3.63, 3.8) is 0 Å². The van der Waals surface area contributed by atoms with Crippen LogP contribution in [0.2, 0.25) is 0 Å². The summed E-state index contributed by atoms with van der Waals surface area (Å²) < 4.78 is 12.2. The van der Waals surface area contributed by atoms with Gasteiger partial charge in [-0.2, -0.15) is 0 Å². The highest BCUT2D eigenvalue weighted by Gasteiger charge is 2.21. The maximum Gasteiger partial charge on any atom is 0.142 e. The minimum Gasteiger partial charge on any atom is -0.495 e. The number of aliphatic hydroxyl groups is 1. The van der Waals surface area contributed by atoms with E-state index < -0.39 is 6.10 Å². The zero-order valence-electron chi connectivity index (χ0n) is 12.0. The average Bonchev–Trinajstić information content (AvgIpc) is 2.46. The fourth-order valence-corrected chi connectivity index (χ4v) is 3.55. The Kier molecular flexibility index (Phi) is 5.30. The van der Waals surface area contributed by atoms with Crippen LogP contribution in [0.15, 0.2) is 39.3 Å². The Hall–Kier alpha value is -1.04. The fourth-order valence-electron chi connectivity index (χ4n) is 2.15. The lowest BCUT2D eigenvalue weighted by Crippen LogP contribution is -2.04. The van der Waals surface area contributed by atoms with Crippen LogP contribution in [0.3, 0.4) is 0 Å². The molecule has 0 radical (unpaired) electrons. The van der Waals surface area contributed by atoms with E-state index in [4.69, 9.17) is 9.47 Å². The summed E-state index contributed by atoms with van der Waals surface area (Å²) in [6.45, 7) is 2.01. The van der Waals surface area contributed by atoms with Gasteiger partial charge in [-0.15, -0.1) is 0 Å². The molecule has 0 spiro atoms. The van der Waals surface area contributed by atoms with Gasteiger partial charge in [0.25, 0.3) is 0 Å². The number of ether oxygens (including phenoxy) is 2. The van der Waals surface area contributed by atoms with E-state index in [9.17, 15) is 5.11 Å². The molecule has 3 nitrogen and oxygen atoms in total. The Labute approximate surface area is 141 Å². The van der Waals surface area contributed by atoms with Gasteiger partial charge < -0.3 is 14.6 Å². The van der Waals surface area contributed by atoms with Gasteiger partial charge in [-0.1, -0.05) is 28.1 Å². The summed E-state index contributed by atoms with van der Waals surface area (Å²) in [5, 5.41) is 10.7. The summed E-state index contributed by atoms with van der Waals surface area (Å²) in [5.41, 5.74) is 2.59. The van der Waals surface area contributed by atoms with E-state index in [1.165, 1.54) is 0 Å². The molecule has 1 atom stereocenters. The molecule has 0 saturated heterocycles. The largest absolute Gasteiger partial charge is 0.495 e. The minimum absolute atomic E-state index is 0.564. The lowest BCUT2D eigenvalue weighted by molar-refractivity contribution is 0.213. The minimum atomic E-state index is -0.794. The Bertz CT molecular complexity index is 656. The highest BCUT2D eigenvalue weighted by molar-refractivity contribution is 9.11. The van der Waals surface area contributed by atoms with Crippen molar-refractivity contribution in [2.45, 2.75) is 13.0 Å². The molecule has 0 amide bonds. The van der Waals surface area contributed by atoms with Crippen LogP contribution in [0.1, 0.15) is 22.8 Å². The first-order valence-electron chi connectivity index (χ1n) is 6.34. The molecule has 0 aliphatic carbocycles. The fraction of sp³-hybridized carbons (Fsp3) is 0.250. The maximum absolute atomic E-state index is 10.7. The summed E-state index contributed by atoms with van der Waals surface area (Å²) in [6, 6.07) is 9.45. The van der Waals surface area contributed by atoms with Crippen LogP contribution in [-0.2, 0) is 0 Å². The predicted molar refractivity (Wildman–Crippen MR) is 90.2 cm³/mol. The number of hydrogen-bond donors (Lipinski definition) is 1. The van der Waals surface area contributed by atoms with Gasteiger partial charge in [0.15, 0.2) is 0 Å². The van der Waals surface area contributed by atoms with E-state index in [2.05, 4.69) is 31.9 Å². The zero-order chi connectivity index (χ0) is 15.6. The van der Waals surface area contributed by atoms with Crippen LogP contribution in [0.5, 0.6) is 11.5 Å². The van der Waals surface area contributed by atoms with Crippen molar-refractivity contribution in [2.75, 3.05) is 14.2 Å². The van der Waals surface area contributed by atoms with Gasteiger partial charge in [0.1, 0.15) is 22.1 Å². The predicted octanol–water partition coefficient (Wildman–Crippen LogP) is 4.62. The van der Waals surface area contributed by atoms with E-state index in [0.717, 1.165) is 15.6 Å². The quantitative estimate of drug-likeness (QED) is 0.791. The van der Waals surface area contributed by atoms with Crippen molar-refractivity contribution < 1.29 is 14.6 Å². The molecule has 0 fully saturated rings. The number of aryl methyl sites for hydroxylation is 1. The number of hydrogen-bond acceptors (Lipinski definition) is 3. The molecule has 2 aromatic rings. The third-order valence-corrected chi connectivity index (χ3v) is 4.70. The van der Waals surface area contributed by atoms with Crippen molar-refractivity contribution >= 4 is 31.9 Å². The highest BCUT2D eigenvalue weighted by Crippen LogP contribution is 2.42. The smallest absolute Gasteiger partial charge is 0.142 e. The topological polar surface area (TPSA) is 38.7 Å². The van der Waals surface area contributed by atoms with Crippen LogP contribution < -0.4 is 9.47 Å². The van der Waals surface area contributed by atoms with Crippen LogP contribution in [0.25, 0.3) is 0 Å². The van der Waals surface area contributed by atoms with Crippen LogP contribution in [-0.4, -0.2) is 19.3 Å². The second kappa shape index (κ2) is 6.81. The van der Waals surface area contributed by atoms with Gasteiger partial charge >= 0.3 is 0 Å². The first-order chi connectivity index (χ1) is 9.99. The van der Waals surface area contributed by atoms with Crippen LogP contribution in [0, 0.1) is 6.92 Å². The summed E-state index contributed by atoms with van der Waals surface area (Å²) in [7, 11) is 3.16. The third-order valence-electron chi connectivity index (χ3n) is 3.26. The van der Waals surface area contributed by atoms with Gasteiger partial charge in [-0.25, -0.2) is 0 Å². The van der Waals surface area contributed by atoms with E-state index in [0.29, 0.717) is 21.5 Å². The lowest BCUT2D eigenvalue weighted by Gasteiger charge is -2.19. The summed E-state index contributed by atoms with van der Waals surface area (Å²) in [6.07, 6.45) is -0.794. The standard InChI is InChI=1S/C16H16Br2O3/c1-9-4-5-10(12(17)8-9)15(19)11-6-7-13(20-2)14(18)16(11)21-3/h4-8,15,19H,1-3H3. The highest BCUT2D eigenvalue weighted by atomic mass is 79.9. The molecule has 0 heterocycles. The maximum atomic E-state index is 10.7. The normalized spacial score (nSPS) is 12.1. The van der Waals surface area contributed by atoms with Crippen molar-refractivity contribution in [3.05, 3.63) is 56.0 Å². The van der Waals surface area contributed by atoms with Crippen LogP contribution in [0.4, 0.5) is 0 Å². The van der Waals surface area contributed by atoms with Gasteiger partial charge in [0, 0.05) is 10.0 Å². The molecule has 0 aromatic heterocycles. The second-order valence-corrected chi connectivity index (χ2v) is 6.28. The van der Waals surface area contributed by atoms with E-state index in [1.54, 1.807) is 26.4 Å². The van der Waals surface area contributed by atoms with Crippen molar-refractivity contribution in [1.82, 2.24) is 0 Å². The Morgan fingerprint density at radius 1 is 1.00 bits per heavy atom. The van der Waals surface area contributed by atoms with Crippen LogP contribution >= 0.6 is 31.9 Å². The third kappa shape index (κ3) is 3.25. The average molecular weight is 416 g/mol. The monoisotopic (exact) mass is 414 g/mol. The first-order valence-corrected chi connectivity index (χ1v) is 7.92. The zero-order valence-corrected chi connectivity index (χ0v) is 15.2. The molecule has 0 bridgehead atoms. The van der Waals surface area contributed by atoms with E-state index in [1.807, 2.05) is 25.1 Å². The lowest BCUT2D eigenvalue weighted by atomic mass is 9.99. The van der Waals surface area contributed by atoms with Gasteiger partial charge in [0.05, 0.1) is 14.2 Å². The molecular weight excluding hydrogens is 400 g/mol. The molecule has 112 valence electrons. The number of benzene rings is 2. The molecule has 0 aliphatic rings. The molecule has 1 unspecified atom stereocenters. The Morgan fingerprint density at radius 3 is 2.24 bits per heavy atom. The molecule has 5 heteroatoms. The SMILES string of the molecule is COc1ccc(C(O)c2ccc(C)cc2Br)c(OC)c1Br. The number of aliphatic hydroxyl groups excluding tert-OH is 1. The molecule has 21 heavy (non-hydrogen) atoms. The van der Waals surface area contributed by atoms with Gasteiger partial charge in [0.2, 0.25) is 0 Å².